The van der Waals surface area contributed by atoms with Crippen LogP contribution in [-0.4, -0.2) is 49.3 Å². The molecule has 0 aromatic heterocycles. The van der Waals surface area contributed by atoms with Crippen LogP contribution in [0.3, 0.4) is 0 Å². The van der Waals surface area contributed by atoms with Gasteiger partial charge >= 0.3 is 0 Å². The van der Waals surface area contributed by atoms with E-state index in [1.807, 2.05) is 4.90 Å². The zero-order valence-corrected chi connectivity index (χ0v) is 16.0. The van der Waals surface area contributed by atoms with Crippen LogP contribution in [0.5, 0.6) is 0 Å². The lowest BCUT2D eigenvalue weighted by Gasteiger charge is -2.43. The van der Waals surface area contributed by atoms with Gasteiger partial charge in [-0.3, -0.25) is 4.79 Å². The summed E-state index contributed by atoms with van der Waals surface area (Å²) in [7, 11) is 3.56. The Labute approximate surface area is 151 Å². The number of ether oxygens (including phenoxy) is 2. The second-order valence-corrected chi connectivity index (χ2v) is 7.83. The number of hydrogen-bond acceptors (Lipinski definition) is 3. The zero-order chi connectivity index (χ0) is 18.0. The van der Waals surface area contributed by atoms with Crippen molar-refractivity contribution in [2.45, 2.75) is 69.6 Å². The molecule has 2 aliphatic rings. The predicted molar refractivity (Wildman–Crippen MR) is 98.7 cm³/mol. The van der Waals surface area contributed by atoms with Gasteiger partial charge < -0.3 is 14.4 Å². The molecular weight excluding hydrogens is 314 g/mol. The van der Waals surface area contributed by atoms with E-state index in [1.54, 1.807) is 14.2 Å². The Hall–Kier alpha value is -1.39. The first-order valence-corrected chi connectivity index (χ1v) is 9.45. The van der Waals surface area contributed by atoms with E-state index < -0.39 is 0 Å². The van der Waals surface area contributed by atoms with Crippen LogP contribution in [0.2, 0.25) is 0 Å². The van der Waals surface area contributed by atoms with Crippen LogP contribution < -0.4 is 0 Å². The van der Waals surface area contributed by atoms with Crippen LogP contribution in [0.25, 0.3) is 0 Å². The summed E-state index contributed by atoms with van der Waals surface area (Å²) < 4.78 is 11.5. The van der Waals surface area contributed by atoms with Gasteiger partial charge in [0.25, 0.3) is 0 Å². The molecule has 1 aromatic carbocycles. The van der Waals surface area contributed by atoms with Crippen LogP contribution in [0.15, 0.2) is 24.3 Å². The lowest BCUT2D eigenvalue weighted by atomic mass is 9.79. The highest BCUT2D eigenvalue weighted by atomic mass is 16.5. The van der Waals surface area contributed by atoms with Gasteiger partial charge in [0, 0.05) is 20.8 Å². The van der Waals surface area contributed by atoms with Gasteiger partial charge in [0.2, 0.25) is 5.91 Å². The van der Waals surface area contributed by atoms with E-state index in [9.17, 15) is 4.79 Å². The van der Waals surface area contributed by atoms with Crippen LogP contribution in [0, 0.1) is 0 Å². The Bertz CT molecular complexity index is 598. The van der Waals surface area contributed by atoms with E-state index in [0.717, 1.165) is 37.8 Å². The molecule has 1 aliphatic heterocycles. The SMILES string of the molecule is CO[C@@H]1CC[C@@]2(OC)CCN(C(=O)Cc3ccc(C(C)C)cc3)[C@H]2C1. The van der Waals surface area contributed by atoms with Crippen LogP contribution in [0.1, 0.15) is 56.6 Å². The molecule has 1 heterocycles. The molecule has 4 nitrogen and oxygen atoms in total. The van der Waals surface area contributed by atoms with Crippen molar-refractivity contribution in [3.63, 3.8) is 0 Å². The van der Waals surface area contributed by atoms with Gasteiger partial charge in [-0.25, -0.2) is 0 Å². The maximum atomic E-state index is 13.0. The summed E-state index contributed by atoms with van der Waals surface area (Å²) in [6.45, 7) is 5.16. The predicted octanol–water partition coefficient (Wildman–Crippen LogP) is 3.54. The number of carbonyl (C=O) groups excluding carboxylic acids is 1. The van der Waals surface area contributed by atoms with Crippen molar-refractivity contribution in [1.82, 2.24) is 4.90 Å². The normalized spacial score (nSPS) is 29.1. The molecule has 1 aromatic rings. The number of nitrogens with zero attached hydrogens (tertiary/aromatic N) is 1. The van der Waals surface area contributed by atoms with Gasteiger partial charge in [-0.15, -0.1) is 0 Å². The number of rotatable bonds is 5. The van der Waals surface area contributed by atoms with Gasteiger partial charge in [-0.2, -0.15) is 0 Å². The first-order valence-electron chi connectivity index (χ1n) is 9.45. The summed E-state index contributed by atoms with van der Waals surface area (Å²) in [5, 5.41) is 0. The summed E-state index contributed by atoms with van der Waals surface area (Å²) in [6, 6.07) is 8.59. The number of benzene rings is 1. The fourth-order valence-electron chi connectivity index (χ4n) is 4.47. The molecule has 1 saturated heterocycles. The van der Waals surface area contributed by atoms with Crippen molar-refractivity contribution in [2.24, 2.45) is 0 Å². The number of fused-ring (bicyclic) bond motifs is 1. The molecule has 1 saturated carbocycles. The minimum atomic E-state index is -0.174. The number of likely N-dealkylation sites (tertiary alicyclic amines) is 1. The Morgan fingerprint density at radius 3 is 2.56 bits per heavy atom. The van der Waals surface area contributed by atoms with Crippen LogP contribution in [-0.2, 0) is 20.7 Å². The highest BCUT2D eigenvalue weighted by Crippen LogP contribution is 2.43. The molecule has 0 N–H and O–H groups in total. The average Bonchev–Trinajstić information content (AvgIpc) is 3.01. The molecule has 2 fully saturated rings. The smallest absolute Gasteiger partial charge is 0.227 e. The number of carbonyl (C=O) groups is 1. The lowest BCUT2D eigenvalue weighted by Crippen LogP contribution is -2.53. The standard InChI is InChI=1S/C21H31NO3/c1-15(2)17-7-5-16(6-8-17)13-20(23)22-12-11-21(25-4)10-9-18(24-3)14-19(21)22/h5-8,15,18-19H,9-14H2,1-4H3/t18-,19+,21-/m1/s1. The van der Waals surface area contributed by atoms with Gasteiger partial charge in [0.05, 0.1) is 24.2 Å². The topological polar surface area (TPSA) is 38.8 Å². The van der Waals surface area contributed by atoms with E-state index in [-0.39, 0.29) is 23.7 Å². The van der Waals surface area contributed by atoms with Crippen molar-refractivity contribution >= 4 is 5.91 Å². The number of methoxy groups -OCH3 is 2. The van der Waals surface area contributed by atoms with Gasteiger partial charge in [-0.05, 0) is 42.7 Å². The molecule has 0 radical (unpaired) electrons. The second-order valence-electron chi connectivity index (χ2n) is 7.83. The Kier molecular flexibility index (Phi) is 5.49. The third-order valence-corrected chi connectivity index (χ3v) is 6.20. The van der Waals surface area contributed by atoms with E-state index in [2.05, 4.69) is 38.1 Å². The Balaban J connectivity index is 1.71. The molecule has 0 unspecified atom stereocenters. The monoisotopic (exact) mass is 345 g/mol. The lowest BCUT2D eigenvalue weighted by molar-refractivity contribution is -0.140. The van der Waals surface area contributed by atoms with E-state index >= 15 is 0 Å². The highest BCUT2D eigenvalue weighted by Gasteiger charge is 2.52. The maximum absolute atomic E-state index is 13.0. The maximum Gasteiger partial charge on any atom is 0.227 e. The van der Waals surface area contributed by atoms with Crippen molar-refractivity contribution in [2.75, 3.05) is 20.8 Å². The summed E-state index contributed by atoms with van der Waals surface area (Å²) in [4.78, 5) is 15.0. The molecular formula is C21H31NO3. The molecule has 0 spiro atoms. The third-order valence-electron chi connectivity index (χ3n) is 6.20. The summed E-state index contributed by atoms with van der Waals surface area (Å²) in [5.41, 5.74) is 2.22. The molecule has 25 heavy (non-hydrogen) atoms. The van der Waals surface area contributed by atoms with Crippen molar-refractivity contribution in [3.05, 3.63) is 35.4 Å². The fraction of sp³-hybridized carbons (Fsp3) is 0.667. The molecule has 0 bridgehead atoms. The number of hydrogen-bond donors (Lipinski definition) is 0. The van der Waals surface area contributed by atoms with E-state index in [0.29, 0.717) is 12.3 Å². The Morgan fingerprint density at radius 2 is 1.96 bits per heavy atom. The van der Waals surface area contributed by atoms with Gasteiger partial charge in [0.1, 0.15) is 0 Å². The number of amides is 1. The van der Waals surface area contributed by atoms with Crippen molar-refractivity contribution in [3.8, 4) is 0 Å². The highest BCUT2D eigenvalue weighted by molar-refractivity contribution is 5.79. The zero-order valence-electron chi connectivity index (χ0n) is 16.0. The molecule has 3 rings (SSSR count). The van der Waals surface area contributed by atoms with Crippen LogP contribution >= 0.6 is 0 Å². The molecule has 1 amide bonds. The van der Waals surface area contributed by atoms with Crippen molar-refractivity contribution in [1.29, 1.82) is 0 Å². The summed E-state index contributed by atoms with van der Waals surface area (Å²) in [6.07, 6.45) is 4.49. The van der Waals surface area contributed by atoms with E-state index in [1.165, 1.54) is 5.56 Å². The quantitative estimate of drug-likeness (QED) is 0.819. The van der Waals surface area contributed by atoms with Gasteiger partial charge in [-0.1, -0.05) is 38.1 Å². The molecule has 4 heteroatoms. The molecule has 3 atom stereocenters. The molecule has 138 valence electrons. The fourth-order valence-corrected chi connectivity index (χ4v) is 4.47. The first kappa shape index (κ1) is 18.4. The average molecular weight is 345 g/mol. The minimum absolute atomic E-state index is 0.138. The summed E-state index contributed by atoms with van der Waals surface area (Å²) in [5.74, 6) is 0.719. The summed E-state index contributed by atoms with van der Waals surface area (Å²) >= 11 is 0. The third kappa shape index (κ3) is 3.61. The van der Waals surface area contributed by atoms with Crippen LogP contribution in [0.4, 0.5) is 0 Å². The van der Waals surface area contributed by atoms with Gasteiger partial charge in [0.15, 0.2) is 0 Å². The van der Waals surface area contributed by atoms with E-state index in [4.69, 9.17) is 9.47 Å². The first-order chi connectivity index (χ1) is 12.0. The minimum Gasteiger partial charge on any atom is -0.381 e. The second kappa shape index (κ2) is 7.46. The Morgan fingerprint density at radius 1 is 1.24 bits per heavy atom. The largest absolute Gasteiger partial charge is 0.381 e. The molecule has 1 aliphatic carbocycles. The van der Waals surface area contributed by atoms with Crippen molar-refractivity contribution < 1.29 is 14.3 Å².